The first-order chi connectivity index (χ1) is 22.7. The first-order valence-corrected chi connectivity index (χ1v) is 16.6. The van der Waals surface area contributed by atoms with Crippen LogP contribution < -0.4 is 20.1 Å². The summed E-state index contributed by atoms with van der Waals surface area (Å²) in [7, 11) is 3.22. The van der Waals surface area contributed by atoms with Gasteiger partial charge in [0.15, 0.2) is 17.2 Å². The molecule has 0 aliphatic heterocycles. The minimum Gasteiger partial charge on any atom is -0.493 e. The Morgan fingerprint density at radius 3 is 2.45 bits per heavy atom. The van der Waals surface area contributed by atoms with Gasteiger partial charge in [0.2, 0.25) is 5.88 Å². The molecular formula is C35H39Cl2N7O3. The topological polar surface area (TPSA) is 119 Å². The van der Waals surface area contributed by atoms with Crippen molar-refractivity contribution in [2.24, 2.45) is 0 Å². The fraction of sp³-hybridized carbons (Fsp3) is 0.371. The molecule has 0 radical (unpaired) electrons. The average Bonchev–Trinajstić information content (AvgIpc) is 3.50. The summed E-state index contributed by atoms with van der Waals surface area (Å²) in [6.07, 6.45) is 6.86. The average molecular weight is 677 g/mol. The van der Waals surface area contributed by atoms with Gasteiger partial charge in [0.1, 0.15) is 0 Å². The number of nitrogens with zero attached hydrogens (tertiary/aromatic N) is 5. The fourth-order valence-corrected chi connectivity index (χ4v) is 6.55. The molecular weight excluding hydrogens is 637 g/mol. The van der Waals surface area contributed by atoms with E-state index in [1.807, 2.05) is 48.7 Å². The van der Waals surface area contributed by atoms with Crippen LogP contribution in [0, 0.1) is 0 Å². The van der Waals surface area contributed by atoms with E-state index in [1.165, 1.54) is 0 Å². The maximum Gasteiger partial charge on any atom is 0.218 e. The number of pyridine rings is 3. The summed E-state index contributed by atoms with van der Waals surface area (Å²) in [6, 6.07) is 14.2. The van der Waals surface area contributed by atoms with Gasteiger partial charge in [-0.15, -0.1) is 5.10 Å². The van der Waals surface area contributed by atoms with Crippen molar-refractivity contribution >= 4 is 28.8 Å². The van der Waals surface area contributed by atoms with Gasteiger partial charge in [0, 0.05) is 58.8 Å². The Balaban J connectivity index is 1.31. The van der Waals surface area contributed by atoms with E-state index < -0.39 is 0 Å². The molecule has 4 heterocycles. The minimum atomic E-state index is -0.196. The van der Waals surface area contributed by atoms with Crippen LogP contribution in [0.3, 0.4) is 0 Å². The zero-order valence-corrected chi connectivity index (χ0v) is 28.4. The molecule has 0 atom stereocenters. The summed E-state index contributed by atoms with van der Waals surface area (Å²) >= 11 is 14.2. The van der Waals surface area contributed by atoms with Crippen molar-refractivity contribution in [3.05, 3.63) is 76.3 Å². The summed E-state index contributed by atoms with van der Waals surface area (Å²) in [5, 5.41) is 22.4. The molecule has 1 aromatic carbocycles. The van der Waals surface area contributed by atoms with Crippen LogP contribution in [0.4, 0.5) is 0 Å². The molecule has 1 saturated carbocycles. The number of hydrogen-bond donors (Lipinski definition) is 3. The van der Waals surface area contributed by atoms with E-state index in [4.69, 9.17) is 47.7 Å². The molecule has 12 heteroatoms. The van der Waals surface area contributed by atoms with Crippen LogP contribution in [0.15, 0.2) is 54.9 Å². The molecule has 1 aliphatic rings. The lowest BCUT2D eigenvalue weighted by Crippen LogP contribution is -2.34. The van der Waals surface area contributed by atoms with Gasteiger partial charge >= 0.3 is 0 Å². The number of ether oxygens (including phenoxy) is 2. The lowest BCUT2D eigenvalue weighted by Gasteiger charge is -2.25. The molecule has 0 unspecified atom stereocenters. The highest BCUT2D eigenvalue weighted by Gasteiger charge is 2.22. The molecule has 246 valence electrons. The molecule has 10 nitrogen and oxygen atoms in total. The maximum atomic E-state index is 9.81. The second-order valence-electron chi connectivity index (χ2n) is 12.1. The highest BCUT2D eigenvalue weighted by Crippen LogP contribution is 2.42. The van der Waals surface area contributed by atoms with E-state index in [9.17, 15) is 5.11 Å². The number of nitrogens with one attached hydrogen (secondary N) is 2. The number of halogens is 2. The summed E-state index contributed by atoms with van der Waals surface area (Å²) in [4.78, 5) is 14.1. The number of benzene rings is 1. The lowest BCUT2D eigenvalue weighted by atomic mass is 9.93. The second-order valence-corrected chi connectivity index (χ2v) is 12.8. The van der Waals surface area contributed by atoms with E-state index in [0.29, 0.717) is 69.7 Å². The lowest BCUT2D eigenvalue weighted by molar-refractivity contribution is 0.116. The zero-order valence-electron chi connectivity index (χ0n) is 26.9. The van der Waals surface area contributed by atoms with Crippen LogP contribution >= 0.6 is 23.2 Å². The van der Waals surface area contributed by atoms with Crippen LogP contribution in [0.2, 0.25) is 10.0 Å². The molecule has 3 N–H and O–H groups in total. The minimum absolute atomic E-state index is 0.196. The summed E-state index contributed by atoms with van der Waals surface area (Å²) in [5.41, 5.74) is 5.78. The van der Waals surface area contributed by atoms with Gasteiger partial charge < -0.3 is 25.2 Å². The summed E-state index contributed by atoms with van der Waals surface area (Å²) < 4.78 is 13.0. The van der Waals surface area contributed by atoms with Gasteiger partial charge in [-0.05, 0) is 43.9 Å². The molecule has 4 aromatic heterocycles. The normalized spacial score (nSPS) is 16.6. The van der Waals surface area contributed by atoms with Gasteiger partial charge in [0.05, 0.1) is 48.3 Å². The number of aromatic nitrogens is 5. The molecule has 0 amide bonds. The predicted molar refractivity (Wildman–Crippen MR) is 185 cm³/mol. The standard InChI is InChI=1S/C35H39Cl2N7O3/c1-20(2)39-17-21-8-13-28(41-35(21)47-4)27-7-5-6-25(31(27)36)26-14-15-38-33(32(26)37)22-16-29(46-3)34-42-30(43-44(34)19-22)18-40-23-9-11-24(45)12-10-23/h5-8,13-16,19-20,23-24,39-40,45H,9-12,17-18H2,1-4H3. The van der Waals surface area contributed by atoms with Crippen molar-refractivity contribution in [2.45, 2.75) is 70.8 Å². The highest BCUT2D eigenvalue weighted by atomic mass is 35.5. The van der Waals surface area contributed by atoms with E-state index in [1.54, 1.807) is 24.9 Å². The van der Waals surface area contributed by atoms with Gasteiger partial charge in [-0.3, -0.25) is 4.98 Å². The summed E-state index contributed by atoms with van der Waals surface area (Å²) in [6.45, 7) is 5.36. The Kier molecular flexibility index (Phi) is 10.2. The third-order valence-electron chi connectivity index (χ3n) is 8.47. The van der Waals surface area contributed by atoms with Crippen LogP contribution in [-0.4, -0.2) is 62.1 Å². The predicted octanol–water partition coefficient (Wildman–Crippen LogP) is 6.74. The SMILES string of the molecule is COc1nc(-c2cccc(-c3ccnc(-c4cc(OC)c5nc(CNC6CCC(O)CC6)nn5c4)c3Cl)c2Cl)ccc1CNC(C)C. The van der Waals surface area contributed by atoms with E-state index in [0.717, 1.165) is 53.5 Å². The Hall–Kier alpha value is -3.80. The van der Waals surface area contributed by atoms with Crippen LogP contribution in [0.25, 0.3) is 39.3 Å². The molecule has 6 rings (SSSR count). The van der Waals surface area contributed by atoms with Crippen LogP contribution in [-0.2, 0) is 13.1 Å². The Bertz CT molecular complexity index is 1870. The maximum absolute atomic E-state index is 9.81. The van der Waals surface area contributed by atoms with Crippen LogP contribution in [0.5, 0.6) is 11.6 Å². The number of rotatable bonds is 11. The fourth-order valence-electron chi connectivity index (χ4n) is 5.91. The molecule has 0 spiro atoms. The van der Waals surface area contributed by atoms with Crippen molar-refractivity contribution in [1.82, 2.24) is 35.2 Å². The van der Waals surface area contributed by atoms with Crippen molar-refractivity contribution in [3.8, 4) is 45.3 Å². The van der Waals surface area contributed by atoms with Gasteiger partial charge in [-0.2, -0.15) is 0 Å². The molecule has 5 aromatic rings. The largest absolute Gasteiger partial charge is 0.493 e. The second kappa shape index (κ2) is 14.5. The van der Waals surface area contributed by atoms with Gasteiger partial charge in [0.25, 0.3) is 0 Å². The number of hydrogen-bond acceptors (Lipinski definition) is 9. The summed E-state index contributed by atoms with van der Waals surface area (Å²) in [5.74, 6) is 1.75. The van der Waals surface area contributed by atoms with Crippen molar-refractivity contribution in [2.75, 3.05) is 14.2 Å². The van der Waals surface area contributed by atoms with Gasteiger partial charge in [-0.1, -0.05) is 61.3 Å². The number of fused-ring (bicyclic) bond motifs is 1. The van der Waals surface area contributed by atoms with Crippen molar-refractivity contribution in [1.29, 1.82) is 0 Å². The van der Waals surface area contributed by atoms with Crippen molar-refractivity contribution < 1.29 is 14.6 Å². The smallest absolute Gasteiger partial charge is 0.218 e. The first-order valence-electron chi connectivity index (χ1n) is 15.8. The Labute approximate surface area is 284 Å². The quantitative estimate of drug-likeness (QED) is 0.140. The molecule has 47 heavy (non-hydrogen) atoms. The van der Waals surface area contributed by atoms with Crippen molar-refractivity contribution in [3.63, 3.8) is 0 Å². The van der Waals surface area contributed by atoms with E-state index in [-0.39, 0.29) is 6.10 Å². The monoisotopic (exact) mass is 675 g/mol. The van der Waals surface area contributed by atoms with E-state index in [2.05, 4.69) is 29.5 Å². The Morgan fingerprint density at radius 2 is 1.70 bits per heavy atom. The van der Waals surface area contributed by atoms with Gasteiger partial charge in [-0.25, -0.2) is 14.5 Å². The number of aliphatic hydroxyl groups excluding tert-OH is 1. The Morgan fingerprint density at radius 1 is 0.936 bits per heavy atom. The highest BCUT2D eigenvalue weighted by molar-refractivity contribution is 6.39. The van der Waals surface area contributed by atoms with E-state index >= 15 is 0 Å². The third kappa shape index (κ3) is 7.22. The third-order valence-corrected chi connectivity index (χ3v) is 9.26. The molecule has 0 bridgehead atoms. The molecule has 0 saturated heterocycles. The molecule has 1 aliphatic carbocycles. The first kappa shape index (κ1) is 33.1. The zero-order chi connectivity index (χ0) is 33.1. The number of methoxy groups -OCH3 is 2. The number of aliphatic hydroxyl groups is 1. The molecule has 1 fully saturated rings. The van der Waals surface area contributed by atoms with Crippen LogP contribution in [0.1, 0.15) is 50.9 Å².